The Morgan fingerprint density at radius 3 is 2.63 bits per heavy atom. The van der Waals surface area contributed by atoms with Crippen molar-refractivity contribution < 1.29 is 0 Å². The quantitative estimate of drug-likeness (QED) is 0.864. The van der Waals surface area contributed by atoms with Gasteiger partial charge < -0.3 is 5.32 Å². The Balaban J connectivity index is 2.09. The summed E-state index contributed by atoms with van der Waals surface area (Å²) < 4.78 is 0. The van der Waals surface area contributed by atoms with Gasteiger partial charge in [0, 0.05) is 23.4 Å². The molecule has 1 heterocycles. The van der Waals surface area contributed by atoms with Gasteiger partial charge in [0.15, 0.2) is 0 Å². The standard InChI is InChI=1S/C16H22N2S/c1-4-5-13-6-8-14(9-7-13)15-11-19-16(18-15)10-12(2)17-3/h6-9,11-12,17H,4-5,10H2,1-3H3. The second kappa shape index (κ2) is 6.83. The maximum Gasteiger partial charge on any atom is 0.0948 e. The van der Waals surface area contributed by atoms with E-state index in [1.54, 1.807) is 11.3 Å². The Kier molecular flexibility index (Phi) is 5.11. The van der Waals surface area contributed by atoms with E-state index in [0.717, 1.165) is 18.5 Å². The van der Waals surface area contributed by atoms with Crippen molar-refractivity contribution in [1.29, 1.82) is 0 Å². The van der Waals surface area contributed by atoms with Gasteiger partial charge in [-0.2, -0.15) is 0 Å². The summed E-state index contributed by atoms with van der Waals surface area (Å²) in [6, 6.07) is 9.28. The summed E-state index contributed by atoms with van der Waals surface area (Å²) in [6.45, 7) is 4.39. The molecule has 1 aromatic heterocycles. The van der Waals surface area contributed by atoms with Crippen molar-refractivity contribution in [1.82, 2.24) is 10.3 Å². The number of hydrogen-bond acceptors (Lipinski definition) is 3. The summed E-state index contributed by atoms with van der Waals surface area (Å²) >= 11 is 1.75. The molecule has 1 N–H and O–H groups in total. The van der Waals surface area contributed by atoms with E-state index in [1.165, 1.54) is 22.6 Å². The van der Waals surface area contributed by atoms with E-state index in [-0.39, 0.29) is 0 Å². The molecule has 2 aromatic rings. The average Bonchev–Trinajstić information content (AvgIpc) is 2.88. The molecule has 0 saturated carbocycles. The highest BCUT2D eigenvalue weighted by atomic mass is 32.1. The number of hydrogen-bond donors (Lipinski definition) is 1. The molecule has 0 bridgehead atoms. The predicted molar refractivity (Wildman–Crippen MR) is 83.8 cm³/mol. The number of thiazole rings is 1. The molecule has 0 fully saturated rings. The van der Waals surface area contributed by atoms with Crippen molar-refractivity contribution in [3.05, 3.63) is 40.2 Å². The fraction of sp³-hybridized carbons (Fsp3) is 0.438. The van der Waals surface area contributed by atoms with Crippen LogP contribution in [0.1, 0.15) is 30.8 Å². The van der Waals surface area contributed by atoms with Crippen LogP contribution in [0.15, 0.2) is 29.6 Å². The van der Waals surface area contributed by atoms with E-state index >= 15 is 0 Å². The van der Waals surface area contributed by atoms with Crippen LogP contribution in [0.4, 0.5) is 0 Å². The van der Waals surface area contributed by atoms with Crippen molar-refractivity contribution in [2.75, 3.05) is 7.05 Å². The Morgan fingerprint density at radius 2 is 2.00 bits per heavy atom. The molecule has 2 rings (SSSR count). The lowest BCUT2D eigenvalue weighted by molar-refractivity contribution is 0.607. The van der Waals surface area contributed by atoms with Crippen molar-refractivity contribution in [3.63, 3.8) is 0 Å². The molecular weight excluding hydrogens is 252 g/mol. The Hall–Kier alpha value is -1.19. The topological polar surface area (TPSA) is 24.9 Å². The summed E-state index contributed by atoms with van der Waals surface area (Å²) in [6.07, 6.45) is 3.35. The Morgan fingerprint density at radius 1 is 1.26 bits per heavy atom. The first-order chi connectivity index (χ1) is 9.22. The molecule has 102 valence electrons. The van der Waals surface area contributed by atoms with Gasteiger partial charge >= 0.3 is 0 Å². The van der Waals surface area contributed by atoms with Gasteiger partial charge in [0.05, 0.1) is 10.7 Å². The van der Waals surface area contributed by atoms with E-state index < -0.39 is 0 Å². The Labute approximate surface area is 119 Å². The molecule has 3 heteroatoms. The van der Waals surface area contributed by atoms with Crippen LogP contribution in [0.5, 0.6) is 0 Å². The highest BCUT2D eigenvalue weighted by Gasteiger charge is 2.07. The molecule has 0 amide bonds. The average molecular weight is 274 g/mol. The van der Waals surface area contributed by atoms with Gasteiger partial charge in [0.2, 0.25) is 0 Å². The molecular formula is C16H22N2S. The molecule has 2 nitrogen and oxygen atoms in total. The first-order valence-corrected chi connectivity index (χ1v) is 7.82. The van der Waals surface area contributed by atoms with Crippen molar-refractivity contribution in [3.8, 4) is 11.3 Å². The molecule has 0 radical (unpaired) electrons. The number of benzene rings is 1. The third-order valence-corrected chi connectivity index (χ3v) is 4.18. The summed E-state index contributed by atoms with van der Waals surface area (Å²) in [5, 5.41) is 6.61. The van der Waals surface area contributed by atoms with Crippen molar-refractivity contribution in [2.45, 2.75) is 39.2 Å². The van der Waals surface area contributed by atoms with E-state index in [1.807, 2.05) is 7.05 Å². The molecule has 0 aliphatic carbocycles. The minimum Gasteiger partial charge on any atom is -0.317 e. The van der Waals surface area contributed by atoms with Crippen molar-refractivity contribution in [2.24, 2.45) is 0 Å². The van der Waals surface area contributed by atoms with Crippen LogP contribution in [0, 0.1) is 0 Å². The molecule has 0 spiro atoms. The highest BCUT2D eigenvalue weighted by Crippen LogP contribution is 2.23. The molecule has 1 aromatic carbocycles. The first kappa shape index (κ1) is 14.2. The number of likely N-dealkylation sites (N-methyl/N-ethyl adjacent to an activating group) is 1. The number of aromatic nitrogens is 1. The molecule has 0 saturated heterocycles. The van der Waals surface area contributed by atoms with Crippen LogP contribution < -0.4 is 5.32 Å². The van der Waals surface area contributed by atoms with Crippen LogP contribution in [0.3, 0.4) is 0 Å². The van der Waals surface area contributed by atoms with Crippen molar-refractivity contribution >= 4 is 11.3 Å². The minimum atomic E-state index is 0.478. The van der Waals surface area contributed by atoms with Crippen LogP contribution >= 0.6 is 11.3 Å². The van der Waals surface area contributed by atoms with Crippen LogP contribution in [0.25, 0.3) is 11.3 Å². The summed E-state index contributed by atoms with van der Waals surface area (Å²) in [5.41, 5.74) is 3.73. The summed E-state index contributed by atoms with van der Waals surface area (Å²) in [7, 11) is 1.99. The first-order valence-electron chi connectivity index (χ1n) is 6.94. The molecule has 1 unspecified atom stereocenters. The normalized spacial score (nSPS) is 12.6. The molecule has 0 aliphatic rings. The Bertz CT molecular complexity index is 502. The van der Waals surface area contributed by atoms with E-state index in [0.29, 0.717) is 6.04 Å². The van der Waals surface area contributed by atoms with Gasteiger partial charge in [0.1, 0.15) is 0 Å². The van der Waals surface area contributed by atoms with Gasteiger partial charge in [-0.25, -0.2) is 4.98 Å². The lowest BCUT2D eigenvalue weighted by Crippen LogP contribution is -2.23. The largest absolute Gasteiger partial charge is 0.317 e. The lowest BCUT2D eigenvalue weighted by atomic mass is 10.1. The number of rotatable bonds is 6. The van der Waals surface area contributed by atoms with Gasteiger partial charge in [0.25, 0.3) is 0 Å². The zero-order chi connectivity index (χ0) is 13.7. The smallest absolute Gasteiger partial charge is 0.0948 e. The van der Waals surface area contributed by atoms with E-state index in [4.69, 9.17) is 4.98 Å². The number of nitrogens with one attached hydrogen (secondary N) is 1. The lowest BCUT2D eigenvalue weighted by Gasteiger charge is -2.06. The zero-order valence-electron chi connectivity index (χ0n) is 11.9. The van der Waals surface area contributed by atoms with Crippen LogP contribution in [-0.4, -0.2) is 18.1 Å². The van der Waals surface area contributed by atoms with Gasteiger partial charge in [-0.3, -0.25) is 0 Å². The zero-order valence-corrected chi connectivity index (χ0v) is 12.8. The molecule has 0 aliphatic heterocycles. The summed E-state index contributed by atoms with van der Waals surface area (Å²) in [4.78, 5) is 4.72. The number of nitrogens with zero attached hydrogens (tertiary/aromatic N) is 1. The van der Waals surface area contributed by atoms with Crippen LogP contribution in [0.2, 0.25) is 0 Å². The maximum atomic E-state index is 4.72. The predicted octanol–water partition coefficient (Wildman–Crippen LogP) is 3.91. The van der Waals surface area contributed by atoms with Gasteiger partial charge in [-0.1, -0.05) is 37.6 Å². The van der Waals surface area contributed by atoms with Crippen LogP contribution in [-0.2, 0) is 12.8 Å². The monoisotopic (exact) mass is 274 g/mol. The second-order valence-electron chi connectivity index (χ2n) is 4.97. The minimum absolute atomic E-state index is 0.478. The SMILES string of the molecule is CCCc1ccc(-c2csc(CC(C)NC)n2)cc1. The fourth-order valence-electron chi connectivity index (χ4n) is 2.03. The van der Waals surface area contributed by atoms with Gasteiger partial charge in [-0.05, 0) is 26.0 Å². The van der Waals surface area contributed by atoms with E-state index in [2.05, 4.69) is 48.8 Å². The van der Waals surface area contributed by atoms with E-state index in [9.17, 15) is 0 Å². The fourth-order valence-corrected chi connectivity index (χ4v) is 2.97. The number of aryl methyl sites for hydroxylation is 1. The molecule has 1 atom stereocenters. The highest BCUT2D eigenvalue weighted by molar-refractivity contribution is 7.09. The molecule has 19 heavy (non-hydrogen) atoms. The third-order valence-electron chi connectivity index (χ3n) is 3.31. The summed E-state index contributed by atoms with van der Waals surface area (Å²) in [5.74, 6) is 0. The third kappa shape index (κ3) is 3.88. The maximum absolute atomic E-state index is 4.72. The second-order valence-corrected chi connectivity index (χ2v) is 5.91. The van der Waals surface area contributed by atoms with Gasteiger partial charge in [-0.15, -0.1) is 11.3 Å².